The van der Waals surface area contributed by atoms with Gasteiger partial charge in [0.15, 0.2) is 0 Å². The first kappa shape index (κ1) is 18.7. The van der Waals surface area contributed by atoms with Crippen LogP contribution in [0.25, 0.3) is 22.3 Å². The van der Waals surface area contributed by atoms with Crippen molar-refractivity contribution in [2.75, 3.05) is 7.11 Å². The second-order valence-corrected chi connectivity index (χ2v) is 7.40. The number of amides is 3. The van der Waals surface area contributed by atoms with Crippen molar-refractivity contribution in [1.82, 2.24) is 20.2 Å². The predicted molar refractivity (Wildman–Crippen MR) is 108 cm³/mol. The van der Waals surface area contributed by atoms with Gasteiger partial charge in [-0.25, -0.2) is 9.78 Å². The SMILES string of the molecule is COc1ccc(-c2nc3ccccc3c(=O)[nH]2)cc1CN1C(=O)NC(C)(C)C1=O. The fourth-order valence-corrected chi connectivity index (χ4v) is 3.40. The van der Waals surface area contributed by atoms with Crippen LogP contribution >= 0.6 is 0 Å². The number of urea groups is 1. The average Bonchev–Trinajstić information content (AvgIpc) is 2.89. The first-order valence-electron chi connectivity index (χ1n) is 9.10. The average molecular weight is 392 g/mol. The highest BCUT2D eigenvalue weighted by molar-refractivity contribution is 6.06. The Morgan fingerprint density at radius 2 is 1.86 bits per heavy atom. The fraction of sp³-hybridized carbons (Fsp3) is 0.238. The van der Waals surface area contributed by atoms with Gasteiger partial charge in [-0.15, -0.1) is 0 Å². The molecule has 29 heavy (non-hydrogen) atoms. The van der Waals surface area contributed by atoms with E-state index in [1.165, 1.54) is 7.11 Å². The van der Waals surface area contributed by atoms with Gasteiger partial charge in [0.25, 0.3) is 11.5 Å². The number of ether oxygens (including phenoxy) is 1. The minimum atomic E-state index is -0.951. The lowest BCUT2D eigenvalue weighted by Crippen LogP contribution is -2.40. The summed E-state index contributed by atoms with van der Waals surface area (Å²) in [6, 6.07) is 11.9. The molecule has 1 aliphatic heterocycles. The van der Waals surface area contributed by atoms with E-state index in [9.17, 15) is 14.4 Å². The summed E-state index contributed by atoms with van der Waals surface area (Å²) in [5.74, 6) is 0.615. The molecule has 2 heterocycles. The maximum atomic E-state index is 12.5. The number of carbonyl (C=O) groups excluding carboxylic acids is 2. The third-order valence-corrected chi connectivity index (χ3v) is 4.94. The van der Waals surface area contributed by atoms with Crippen LogP contribution in [0.15, 0.2) is 47.3 Å². The Balaban J connectivity index is 1.76. The molecule has 3 aromatic rings. The van der Waals surface area contributed by atoms with Gasteiger partial charge in [-0.2, -0.15) is 0 Å². The van der Waals surface area contributed by atoms with E-state index >= 15 is 0 Å². The molecule has 0 radical (unpaired) electrons. The lowest BCUT2D eigenvalue weighted by atomic mass is 10.1. The van der Waals surface area contributed by atoms with Gasteiger partial charge in [-0.1, -0.05) is 12.1 Å². The monoisotopic (exact) mass is 392 g/mol. The topological polar surface area (TPSA) is 104 Å². The quantitative estimate of drug-likeness (QED) is 0.664. The summed E-state index contributed by atoms with van der Waals surface area (Å²) in [4.78, 5) is 45.6. The van der Waals surface area contributed by atoms with Gasteiger partial charge in [0, 0.05) is 11.1 Å². The van der Waals surface area contributed by atoms with E-state index in [2.05, 4.69) is 15.3 Å². The summed E-state index contributed by atoms with van der Waals surface area (Å²) in [6.07, 6.45) is 0. The van der Waals surface area contributed by atoms with E-state index in [4.69, 9.17) is 4.74 Å². The number of para-hydroxylation sites is 1. The number of nitrogens with one attached hydrogen (secondary N) is 2. The van der Waals surface area contributed by atoms with Gasteiger partial charge in [0.2, 0.25) is 0 Å². The van der Waals surface area contributed by atoms with Crippen LogP contribution in [-0.4, -0.2) is 39.5 Å². The third kappa shape index (κ3) is 3.22. The summed E-state index contributed by atoms with van der Waals surface area (Å²) in [7, 11) is 1.52. The molecule has 0 unspecified atom stereocenters. The maximum absolute atomic E-state index is 12.5. The van der Waals surface area contributed by atoms with Gasteiger partial charge in [-0.05, 0) is 44.2 Å². The van der Waals surface area contributed by atoms with Crippen LogP contribution in [0.5, 0.6) is 5.75 Å². The molecular weight excluding hydrogens is 372 g/mol. The van der Waals surface area contributed by atoms with Crippen LogP contribution in [0, 0.1) is 0 Å². The molecule has 1 saturated heterocycles. The zero-order valence-corrected chi connectivity index (χ0v) is 16.3. The zero-order valence-electron chi connectivity index (χ0n) is 16.3. The van der Waals surface area contributed by atoms with E-state index in [-0.39, 0.29) is 18.0 Å². The molecule has 148 valence electrons. The molecule has 0 atom stereocenters. The Bertz CT molecular complexity index is 1200. The van der Waals surface area contributed by atoms with Gasteiger partial charge in [0.1, 0.15) is 17.1 Å². The summed E-state index contributed by atoms with van der Waals surface area (Å²) < 4.78 is 5.40. The first-order chi connectivity index (χ1) is 13.8. The summed E-state index contributed by atoms with van der Waals surface area (Å²) in [5.41, 5.74) is 0.669. The highest BCUT2D eigenvalue weighted by Crippen LogP contribution is 2.28. The Morgan fingerprint density at radius 3 is 2.55 bits per heavy atom. The Labute approximate surface area is 166 Å². The maximum Gasteiger partial charge on any atom is 0.325 e. The van der Waals surface area contributed by atoms with Crippen molar-refractivity contribution in [3.05, 3.63) is 58.4 Å². The lowest BCUT2D eigenvalue weighted by molar-refractivity contribution is -0.130. The molecule has 0 saturated carbocycles. The van der Waals surface area contributed by atoms with Crippen LogP contribution in [0.3, 0.4) is 0 Å². The van der Waals surface area contributed by atoms with Gasteiger partial charge in [0.05, 0.1) is 24.6 Å². The van der Waals surface area contributed by atoms with Crippen molar-refractivity contribution in [1.29, 1.82) is 0 Å². The molecule has 2 N–H and O–H groups in total. The Kier molecular flexibility index (Phi) is 4.34. The molecule has 4 rings (SSSR count). The number of aromatic nitrogens is 2. The Hall–Kier alpha value is -3.68. The standard InChI is InChI=1S/C21H20N4O4/c1-21(2)19(27)25(20(28)24-21)11-13-10-12(8-9-16(13)29-3)17-22-15-7-5-4-6-14(15)18(26)23-17/h4-10H,11H2,1-3H3,(H,24,28)(H,22,23,26). The molecule has 0 aliphatic carbocycles. The van der Waals surface area contributed by atoms with Gasteiger partial charge in [-0.3, -0.25) is 14.5 Å². The van der Waals surface area contributed by atoms with Crippen LogP contribution in [0.1, 0.15) is 19.4 Å². The zero-order chi connectivity index (χ0) is 20.8. The normalized spacial score (nSPS) is 15.6. The molecule has 0 bridgehead atoms. The molecule has 8 nitrogen and oxygen atoms in total. The second kappa shape index (κ2) is 6.73. The lowest BCUT2D eigenvalue weighted by Gasteiger charge is -2.18. The number of carbonyl (C=O) groups is 2. The molecule has 3 amide bonds. The minimum absolute atomic E-state index is 0.0446. The third-order valence-electron chi connectivity index (χ3n) is 4.94. The smallest absolute Gasteiger partial charge is 0.325 e. The largest absolute Gasteiger partial charge is 0.496 e. The van der Waals surface area contributed by atoms with Crippen LogP contribution in [0.4, 0.5) is 4.79 Å². The van der Waals surface area contributed by atoms with Crippen molar-refractivity contribution in [3.63, 3.8) is 0 Å². The number of aromatic amines is 1. The van der Waals surface area contributed by atoms with Crippen LogP contribution in [0.2, 0.25) is 0 Å². The minimum Gasteiger partial charge on any atom is -0.496 e. The number of imide groups is 1. The number of methoxy groups -OCH3 is 1. The van der Waals surface area contributed by atoms with E-state index in [0.717, 1.165) is 4.90 Å². The first-order valence-corrected chi connectivity index (χ1v) is 9.10. The number of rotatable bonds is 4. The van der Waals surface area contributed by atoms with Crippen molar-refractivity contribution in [3.8, 4) is 17.1 Å². The molecule has 0 spiro atoms. The number of H-pyrrole nitrogens is 1. The van der Waals surface area contributed by atoms with Crippen LogP contribution < -0.4 is 15.6 Å². The molecule has 1 aliphatic rings. The summed E-state index contributed by atoms with van der Waals surface area (Å²) in [5, 5.41) is 3.17. The number of nitrogens with zero attached hydrogens (tertiary/aromatic N) is 2. The molecule has 1 fully saturated rings. The second-order valence-electron chi connectivity index (χ2n) is 7.40. The van der Waals surface area contributed by atoms with Gasteiger partial charge < -0.3 is 15.0 Å². The predicted octanol–water partition coefficient (Wildman–Crippen LogP) is 2.43. The van der Waals surface area contributed by atoms with Crippen molar-refractivity contribution in [2.24, 2.45) is 0 Å². The van der Waals surface area contributed by atoms with E-state index in [1.807, 2.05) is 6.07 Å². The van der Waals surface area contributed by atoms with Crippen molar-refractivity contribution >= 4 is 22.8 Å². The molecule has 8 heteroatoms. The highest BCUT2D eigenvalue weighted by Gasteiger charge is 2.44. The Morgan fingerprint density at radius 1 is 1.10 bits per heavy atom. The highest BCUT2D eigenvalue weighted by atomic mass is 16.5. The van der Waals surface area contributed by atoms with Crippen molar-refractivity contribution < 1.29 is 14.3 Å². The van der Waals surface area contributed by atoms with Crippen LogP contribution in [-0.2, 0) is 11.3 Å². The molecular formula is C21H20N4O4. The van der Waals surface area contributed by atoms with Crippen molar-refractivity contribution in [2.45, 2.75) is 25.9 Å². The summed E-state index contributed by atoms with van der Waals surface area (Å²) in [6.45, 7) is 3.36. The van der Waals surface area contributed by atoms with E-state index in [0.29, 0.717) is 33.6 Å². The number of hydrogen-bond donors (Lipinski definition) is 2. The summed E-state index contributed by atoms with van der Waals surface area (Å²) >= 11 is 0. The van der Waals surface area contributed by atoms with E-state index in [1.54, 1.807) is 50.2 Å². The molecule has 1 aromatic heterocycles. The number of benzene rings is 2. The van der Waals surface area contributed by atoms with Gasteiger partial charge >= 0.3 is 6.03 Å². The number of fused-ring (bicyclic) bond motifs is 1. The number of hydrogen-bond acceptors (Lipinski definition) is 5. The molecule has 2 aromatic carbocycles. The van der Waals surface area contributed by atoms with E-state index < -0.39 is 11.6 Å². The fourth-order valence-electron chi connectivity index (χ4n) is 3.40.